The second kappa shape index (κ2) is 16.4. The number of nitrogen functional groups attached to an aromatic ring is 1. The molecule has 0 aliphatic rings. The molecule has 0 saturated carbocycles. The summed E-state index contributed by atoms with van der Waals surface area (Å²) in [6, 6.07) is 6.57. The molecule has 0 bridgehead atoms. The van der Waals surface area contributed by atoms with Crippen molar-refractivity contribution in [2.45, 2.75) is 96.8 Å². The van der Waals surface area contributed by atoms with Crippen molar-refractivity contribution < 1.29 is 33.4 Å². The van der Waals surface area contributed by atoms with Crippen LogP contribution in [0.5, 0.6) is 0 Å². The number of H-pyrrole nitrogens is 2. The number of alkyl carbamates (subject to hydrolysis) is 1. The lowest BCUT2D eigenvalue weighted by Crippen LogP contribution is -2.43. The Balaban J connectivity index is 1.58. The first-order valence-electron chi connectivity index (χ1n) is 16.0. The molecule has 15 heteroatoms. The van der Waals surface area contributed by atoms with Crippen LogP contribution in [-0.4, -0.2) is 77.9 Å². The van der Waals surface area contributed by atoms with E-state index in [4.69, 9.17) is 19.9 Å². The lowest BCUT2D eigenvalue weighted by atomic mass is 10.0. The summed E-state index contributed by atoms with van der Waals surface area (Å²) in [5.74, 6) is -1.68. The molecule has 3 aromatic rings. The Labute approximate surface area is 280 Å². The number of carbonyl (C=O) groups is 4. The predicted molar refractivity (Wildman–Crippen MR) is 184 cm³/mol. The predicted octanol–water partition coefficient (Wildman–Crippen LogP) is 3.84. The fourth-order valence-corrected chi connectivity index (χ4v) is 5.31. The van der Waals surface area contributed by atoms with Crippen molar-refractivity contribution >= 4 is 49.0 Å². The smallest absolute Gasteiger partial charge is 0.407 e. The van der Waals surface area contributed by atoms with Crippen LogP contribution in [0.1, 0.15) is 62.0 Å². The number of nitrogens with two attached hydrogens (primary N) is 1. The van der Waals surface area contributed by atoms with E-state index in [1.165, 1.54) is 0 Å². The number of aromatic amines is 2. The molecule has 0 aliphatic heterocycles. The third kappa shape index (κ3) is 12.5. The van der Waals surface area contributed by atoms with Gasteiger partial charge in [0.1, 0.15) is 23.4 Å². The van der Waals surface area contributed by atoms with Crippen LogP contribution in [0.3, 0.4) is 0 Å². The van der Waals surface area contributed by atoms with E-state index in [-0.39, 0.29) is 37.5 Å². The molecule has 3 rings (SSSR count). The Morgan fingerprint density at radius 1 is 1.06 bits per heavy atom. The number of benzene rings is 1. The molecule has 0 fully saturated rings. The van der Waals surface area contributed by atoms with E-state index in [9.17, 15) is 24.0 Å². The molecule has 1 unspecified atom stereocenters. The number of esters is 2. The lowest BCUT2D eigenvalue weighted by molar-refractivity contribution is -0.149. The minimum Gasteiger partial charge on any atom is -0.464 e. The van der Waals surface area contributed by atoms with Crippen molar-refractivity contribution in [1.82, 2.24) is 25.6 Å². The molecule has 6 N–H and O–H groups in total. The highest BCUT2D eigenvalue weighted by molar-refractivity contribution is 6.76. The van der Waals surface area contributed by atoms with Gasteiger partial charge in [-0.2, -0.15) is 4.98 Å². The molecule has 0 aliphatic carbocycles. The SMILES string of the molecule is CC(CNC(=O)OC(C)(C)C)OC(=O)CC[C@@H](NC(=O)c1ccc(CCc2c[nH]c3nc(N)[nH]c(=O)c23)cc1)C(=O)OCC[Si](C)(C)C. The largest absolute Gasteiger partial charge is 0.464 e. The molecule has 2 atom stereocenters. The van der Waals surface area contributed by atoms with Crippen molar-refractivity contribution in [3.63, 3.8) is 0 Å². The highest BCUT2D eigenvalue weighted by Gasteiger charge is 2.26. The lowest BCUT2D eigenvalue weighted by Gasteiger charge is -2.21. The first kappa shape index (κ1) is 37.8. The minimum atomic E-state index is -1.48. The molecule has 0 saturated heterocycles. The molecule has 0 radical (unpaired) electrons. The fraction of sp³-hybridized carbons (Fsp3) is 0.515. The van der Waals surface area contributed by atoms with E-state index in [0.717, 1.165) is 17.2 Å². The van der Waals surface area contributed by atoms with Crippen molar-refractivity contribution in [2.24, 2.45) is 0 Å². The summed E-state index contributed by atoms with van der Waals surface area (Å²) in [6.07, 6.45) is 1.40. The van der Waals surface area contributed by atoms with Crippen LogP contribution in [0.15, 0.2) is 35.3 Å². The Morgan fingerprint density at radius 3 is 2.40 bits per heavy atom. The summed E-state index contributed by atoms with van der Waals surface area (Å²) >= 11 is 0. The topological polar surface area (TPSA) is 208 Å². The van der Waals surface area contributed by atoms with E-state index in [0.29, 0.717) is 29.4 Å². The average molecular weight is 685 g/mol. The summed E-state index contributed by atoms with van der Waals surface area (Å²) in [6.45, 7) is 13.6. The number of hydrogen-bond acceptors (Lipinski definition) is 10. The summed E-state index contributed by atoms with van der Waals surface area (Å²) in [5, 5.41) is 5.72. The number of aromatic nitrogens is 3. The highest BCUT2D eigenvalue weighted by atomic mass is 28.3. The monoisotopic (exact) mass is 684 g/mol. The van der Waals surface area contributed by atoms with Gasteiger partial charge in [0.15, 0.2) is 0 Å². The van der Waals surface area contributed by atoms with E-state index >= 15 is 0 Å². The molecular formula is C33H48N6O8Si. The number of nitrogens with one attached hydrogen (secondary N) is 4. The minimum absolute atomic E-state index is 0.0368. The first-order valence-corrected chi connectivity index (χ1v) is 19.7. The molecular weight excluding hydrogens is 636 g/mol. The first-order chi connectivity index (χ1) is 22.4. The van der Waals surface area contributed by atoms with Crippen LogP contribution in [0.4, 0.5) is 10.7 Å². The maximum Gasteiger partial charge on any atom is 0.407 e. The van der Waals surface area contributed by atoms with Crippen LogP contribution >= 0.6 is 0 Å². The molecule has 262 valence electrons. The summed E-state index contributed by atoms with van der Waals surface area (Å²) in [4.78, 5) is 72.7. The van der Waals surface area contributed by atoms with Crippen molar-refractivity contribution in [3.05, 3.63) is 57.5 Å². The van der Waals surface area contributed by atoms with Crippen molar-refractivity contribution in [1.29, 1.82) is 0 Å². The fourth-order valence-electron chi connectivity index (χ4n) is 4.60. The molecule has 0 spiro atoms. The number of hydrogen-bond donors (Lipinski definition) is 5. The van der Waals surface area contributed by atoms with Gasteiger partial charge >= 0.3 is 18.0 Å². The van der Waals surface area contributed by atoms with Crippen molar-refractivity contribution in [2.75, 3.05) is 18.9 Å². The summed E-state index contributed by atoms with van der Waals surface area (Å²) < 4.78 is 16.1. The molecule has 1 aromatic carbocycles. The van der Waals surface area contributed by atoms with E-state index in [1.54, 1.807) is 58.2 Å². The van der Waals surface area contributed by atoms with E-state index in [2.05, 4.69) is 45.2 Å². The highest BCUT2D eigenvalue weighted by Crippen LogP contribution is 2.17. The normalized spacial score (nSPS) is 13.0. The van der Waals surface area contributed by atoms with Crippen LogP contribution in [0, 0.1) is 0 Å². The zero-order valence-electron chi connectivity index (χ0n) is 28.8. The Morgan fingerprint density at radius 2 is 1.75 bits per heavy atom. The van der Waals surface area contributed by atoms with Crippen LogP contribution < -0.4 is 21.9 Å². The van der Waals surface area contributed by atoms with Gasteiger partial charge in [0.25, 0.3) is 11.5 Å². The zero-order valence-corrected chi connectivity index (χ0v) is 29.8. The van der Waals surface area contributed by atoms with Crippen LogP contribution in [-0.2, 0) is 36.6 Å². The van der Waals surface area contributed by atoms with Gasteiger partial charge in [0.05, 0.1) is 18.5 Å². The Bertz CT molecular complexity index is 1640. The number of ether oxygens (including phenoxy) is 3. The number of nitrogens with zero attached hydrogens (tertiary/aromatic N) is 1. The van der Waals surface area contributed by atoms with Crippen LogP contribution in [0.2, 0.25) is 25.7 Å². The number of fused-ring (bicyclic) bond motifs is 1. The molecule has 2 aromatic heterocycles. The van der Waals surface area contributed by atoms with Gasteiger partial charge in [0.2, 0.25) is 5.95 Å². The quantitative estimate of drug-likeness (QED) is 0.0888. The third-order valence-corrected chi connectivity index (χ3v) is 8.83. The molecule has 2 amide bonds. The van der Waals surface area contributed by atoms with Gasteiger partial charge in [-0.3, -0.25) is 19.4 Å². The van der Waals surface area contributed by atoms with E-state index < -0.39 is 49.8 Å². The standard InChI is InChI=1S/C33H48N6O8Si/c1-20(18-36-32(44)47-33(2,3)4)46-25(40)15-14-24(30(43)45-16-17-48(5,6)7)37-28(41)22-11-8-21(9-12-22)10-13-23-19-35-27-26(23)29(42)39-31(34)38-27/h8-9,11-12,19-20,24H,10,13-18H2,1-7H3,(H,36,44)(H,37,41)(H4,34,35,38,39,42)/t20?,24-/m1/s1. The van der Waals surface area contributed by atoms with Crippen LogP contribution in [0.25, 0.3) is 11.0 Å². The third-order valence-electron chi connectivity index (χ3n) is 7.13. The molecule has 48 heavy (non-hydrogen) atoms. The maximum atomic E-state index is 13.2. The number of carbonyl (C=O) groups excluding carboxylic acids is 4. The maximum absolute atomic E-state index is 13.2. The van der Waals surface area contributed by atoms with Gasteiger partial charge in [-0.15, -0.1) is 0 Å². The van der Waals surface area contributed by atoms with Crippen molar-refractivity contribution in [3.8, 4) is 0 Å². The van der Waals surface area contributed by atoms with Gasteiger partial charge in [0, 0.05) is 26.3 Å². The zero-order chi connectivity index (χ0) is 35.6. The average Bonchev–Trinajstić information content (AvgIpc) is 3.38. The second-order valence-electron chi connectivity index (χ2n) is 13.9. The van der Waals surface area contributed by atoms with E-state index in [1.807, 2.05) is 0 Å². The van der Waals surface area contributed by atoms with Gasteiger partial charge in [-0.1, -0.05) is 31.8 Å². The summed E-state index contributed by atoms with van der Waals surface area (Å²) in [5.41, 5.74) is 7.12. The number of amides is 2. The number of aryl methyl sites for hydroxylation is 2. The molecule has 2 heterocycles. The van der Waals surface area contributed by atoms with Gasteiger partial charge < -0.3 is 35.6 Å². The molecule has 14 nitrogen and oxygen atoms in total. The second-order valence-corrected chi connectivity index (χ2v) is 19.5. The number of rotatable bonds is 15. The Hall–Kier alpha value is -4.66. The van der Waals surface area contributed by atoms with Gasteiger partial charge in [-0.25, -0.2) is 9.59 Å². The van der Waals surface area contributed by atoms with Gasteiger partial charge in [-0.05, 0) is 76.3 Å². The Kier molecular flexibility index (Phi) is 12.9. The summed E-state index contributed by atoms with van der Waals surface area (Å²) in [7, 11) is -1.48. The number of anilines is 1.